The molecule has 4 aliphatic rings. The summed E-state index contributed by atoms with van der Waals surface area (Å²) in [6, 6.07) is 15.2. The van der Waals surface area contributed by atoms with E-state index in [1.807, 2.05) is 24.3 Å². The van der Waals surface area contributed by atoms with E-state index in [9.17, 15) is 13.2 Å². The molecule has 1 amide bonds. The number of sulfonamides is 1. The van der Waals surface area contributed by atoms with Gasteiger partial charge in [-0.3, -0.25) is 9.10 Å². The van der Waals surface area contributed by atoms with Gasteiger partial charge in [-0.05, 0) is 104 Å². The Hall–Kier alpha value is -1.86. The van der Waals surface area contributed by atoms with Crippen LogP contribution in [0.4, 0.5) is 11.4 Å². The lowest BCUT2D eigenvalue weighted by molar-refractivity contribution is -0.114. The number of amides is 1. The molecule has 7 heteroatoms. The average molecular weight is 517 g/mol. The maximum atomic E-state index is 12.6. The molecule has 6 rings (SSSR count). The summed E-state index contributed by atoms with van der Waals surface area (Å²) in [7, 11) is -3.60. The Morgan fingerprint density at radius 3 is 2.00 bits per heavy atom. The smallest absolute Gasteiger partial charge is 0.245 e. The van der Waals surface area contributed by atoms with Gasteiger partial charge in [0.15, 0.2) is 0 Å². The minimum atomic E-state index is -3.60. The standard InChI is InChI=1S/C25H29BrN2O3S/c1-32(30,31)28(16-24(29)27-22-6-4-21(26)5-7-22)23-8-2-20(3-9-23)25-13-17-10-18(14-25)12-19(11-17)15-25/h2-9,17-19H,10-16H2,1H3,(H,27,29). The topological polar surface area (TPSA) is 66.5 Å². The number of halogens is 1. The van der Waals surface area contributed by atoms with E-state index < -0.39 is 10.0 Å². The van der Waals surface area contributed by atoms with Crippen LogP contribution < -0.4 is 9.62 Å². The van der Waals surface area contributed by atoms with Crippen LogP contribution in [-0.2, 0) is 20.2 Å². The highest BCUT2D eigenvalue weighted by molar-refractivity contribution is 9.10. The van der Waals surface area contributed by atoms with E-state index in [1.165, 1.54) is 48.4 Å². The van der Waals surface area contributed by atoms with Crippen LogP contribution in [0.5, 0.6) is 0 Å². The highest BCUT2D eigenvalue weighted by Crippen LogP contribution is 2.60. The third-order valence-corrected chi connectivity index (χ3v) is 9.29. The maximum Gasteiger partial charge on any atom is 0.245 e. The van der Waals surface area contributed by atoms with Crippen molar-refractivity contribution in [3.63, 3.8) is 0 Å². The zero-order valence-electron chi connectivity index (χ0n) is 18.3. The van der Waals surface area contributed by atoms with E-state index in [4.69, 9.17) is 0 Å². The van der Waals surface area contributed by atoms with Crippen LogP contribution in [0.15, 0.2) is 53.0 Å². The molecule has 2 aromatic rings. The van der Waals surface area contributed by atoms with Gasteiger partial charge in [-0.2, -0.15) is 0 Å². The summed E-state index contributed by atoms with van der Waals surface area (Å²) in [6.45, 7) is -0.258. The summed E-state index contributed by atoms with van der Waals surface area (Å²) in [5.74, 6) is 2.20. The Morgan fingerprint density at radius 1 is 0.969 bits per heavy atom. The number of anilines is 2. The van der Waals surface area contributed by atoms with Gasteiger partial charge in [0.05, 0.1) is 11.9 Å². The molecule has 4 saturated carbocycles. The first-order valence-electron chi connectivity index (χ1n) is 11.3. The molecule has 2 aromatic carbocycles. The van der Waals surface area contributed by atoms with Gasteiger partial charge in [0.1, 0.15) is 6.54 Å². The summed E-state index contributed by atoms with van der Waals surface area (Å²) in [5.41, 5.74) is 2.77. The molecule has 0 atom stereocenters. The Morgan fingerprint density at radius 2 is 1.50 bits per heavy atom. The van der Waals surface area contributed by atoms with E-state index in [1.54, 1.807) is 12.1 Å². The van der Waals surface area contributed by atoms with Gasteiger partial charge in [0.2, 0.25) is 15.9 Å². The molecule has 0 radical (unpaired) electrons. The van der Waals surface area contributed by atoms with Crippen LogP contribution in [0, 0.1) is 17.8 Å². The number of carbonyl (C=O) groups is 1. The number of nitrogens with one attached hydrogen (secondary N) is 1. The molecule has 0 unspecified atom stereocenters. The molecule has 0 aliphatic heterocycles. The number of carbonyl (C=O) groups excluding carboxylic acids is 1. The molecular formula is C25H29BrN2O3S. The monoisotopic (exact) mass is 516 g/mol. The van der Waals surface area contributed by atoms with Crippen LogP contribution in [0.1, 0.15) is 44.1 Å². The van der Waals surface area contributed by atoms with Crippen molar-refractivity contribution >= 4 is 43.2 Å². The lowest BCUT2D eigenvalue weighted by Crippen LogP contribution is -2.48. The SMILES string of the molecule is CS(=O)(=O)N(CC(=O)Nc1ccc(Br)cc1)c1ccc(C23CC4CC(CC(C4)C2)C3)cc1. The number of rotatable bonds is 6. The van der Waals surface area contributed by atoms with Crippen LogP contribution in [-0.4, -0.2) is 27.1 Å². The molecule has 1 N–H and O–H groups in total. The van der Waals surface area contributed by atoms with Crippen molar-refractivity contribution in [1.29, 1.82) is 0 Å². The summed E-state index contributed by atoms with van der Waals surface area (Å²) in [5, 5.41) is 2.78. The predicted molar refractivity (Wildman–Crippen MR) is 131 cm³/mol. The van der Waals surface area contributed by atoms with Crippen molar-refractivity contribution < 1.29 is 13.2 Å². The minimum absolute atomic E-state index is 0.258. The van der Waals surface area contributed by atoms with Crippen molar-refractivity contribution in [3.05, 3.63) is 58.6 Å². The van der Waals surface area contributed by atoms with Gasteiger partial charge < -0.3 is 5.32 Å². The van der Waals surface area contributed by atoms with Gasteiger partial charge in [-0.15, -0.1) is 0 Å². The van der Waals surface area contributed by atoms with Gasteiger partial charge >= 0.3 is 0 Å². The number of hydrogen-bond acceptors (Lipinski definition) is 3. The summed E-state index contributed by atoms with van der Waals surface area (Å²) >= 11 is 3.36. The first kappa shape index (κ1) is 22.0. The summed E-state index contributed by atoms with van der Waals surface area (Å²) in [4.78, 5) is 12.6. The van der Waals surface area contributed by atoms with Gasteiger partial charge in [-0.1, -0.05) is 28.1 Å². The Kier molecular flexibility index (Phi) is 5.61. The van der Waals surface area contributed by atoms with Gasteiger partial charge in [0.25, 0.3) is 0 Å². The fourth-order valence-corrected chi connectivity index (χ4v) is 7.83. The zero-order chi connectivity index (χ0) is 22.5. The molecular weight excluding hydrogens is 488 g/mol. The van der Waals surface area contributed by atoms with Crippen LogP contribution >= 0.6 is 15.9 Å². The van der Waals surface area contributed by atoms with E-state index in [0.29, 0.717) is 11.4 Å². The Balaban J connectivity index is 1.34. The molecule has 5 nitrogen and oxygen atoms in total. The van der Waals surface area contributed by atoms with Crippen molar-refractivity contribution in [3.8, 4) is 0 Å². The lowest BCUT2D eigenvalue weighted by atomic mass is 9.48. The third kappa shape index (κ3) is 4.34. The van der Waals surface area contributed by atoms with Crippen LogP contribution in [0.2, 0.25) is 0 Å². The normalized spacial score (nSPS) is 28.5. The molecule has 32 heavy (non-hydrogen) atoms. The van der Waals surface area contributed by atoms with Crippen molar-refractivity contribution in [2.24, 2.45) is 17.8 Å². The second-order valence-electron chi connectivity index (χ2n) is 10.1. The van der Waals surface area contributed by atoms with Crippen molar-refractivity contribution in [1.82, 2.24) is 0 Å². The largest absolute Gasteiger partial charge is 0.325 e. The zero-order valence-corrected chi connectivity index (χ0v) is 20.7. The predicted octanol–water partition coefficient (Wildman–Crippen LogP) is 5.32. The second-order valence-corrected chi connectivity index (χ2v) is 12.9. The van der Waals surface area contributed by atoms with E-state index in [2.05, 4.69) is 33.4 Å². The molecule has 170 valence electrons. The third-order valence-electron chi connectivity index (χ3n) is 7.62. The lowest BCUT2D eigenvalue weighted by Gasteiger charge is -2.57. The first-order chi connectivity index (χ1) is 15.2. The second kappa shape index (κ2) is 8.17. The van der Waals surface area contributed by atoms with Crippen molar-refractivity contribution in [2.45, 2.75) is 43.9 Å². The number of benzene rings is 2. The van der Waals surface area contributed by atoms with Crippen molar-refractivity contribution in [2.75, 3.05) is 22.4 Å². The maximum absolute atomic E-state index is 12.6. The minimum Gasteiger partial charge on any atom is -0.325 e. The molecule has 4 bridgehead atoms. The molecule has 4 fully saturated rings. The first-order valence-corrected chi connectivity index (χ1v) is 14.0. The molecule has 4 aliphatic carbocycles. The fourth-order valence-electron chi connectivity index (χ4n) is 6.71. The fraction of sp³-hybridized carbons (Fsp3) is 0.480. The molecule has 0 spiro atoms. The van der Waals surface area contributed by atoms with E-state index in [-0.39, 0.29) is 17.9 Å². The summed E-state index contributed by atoms with van der Waals surface area (Å²) < 4.78 is 27.1. The Labute approximate surface area is 198 Å². The molecule has 0 heterocycles. The highest BCUT2D eigenvalue weighted by Gasteiger charge is 2.51. The van der Waals surface area contributed by atoms with E-state index >= 15 is 0 Å². The molecule has 0 aromatic heterocycles. The number of hydrogen-bond donors (Lipinski definition) is 1. The average Bonchev–Trinajstić information content (AvgIpc) is 2.72. The Bertz CT molecular complexity index is 1080. The summed E-state index contributed by atoms with van der Waals surface area (Å²) in [6.07, 6.45) is 9.14. The quantitative estimate of drug-likeness (QED) is 0.564. The van der Waals surface area contributed by atoms with Gasteiger partial charge in [-0.25, -0.2) is 8.42 Å². The van der Waals surface area contributed by atoms with E-state index in [0.717, 1.165) is 28.5 Å². The number of nitrogens with zero attached hydrogens (tertiary/aromatic N) is 1. The molecule has 0 saturated heterocycles. The highest BCUT2D eigenvalue weighted by atomic mass is 79.9. The van der Waals surface area contributed by atoms with Crippen LogP contribution in [0.25, 0.3) is 0 Å². The van der Waals surface area contributed by atoms with Gasteiger partial charge in [0, 0.05) is 10.2 Å². The van der Waals surface area contributed by atoms with Crippen LogP contribution in [0.3, 0.4) is 0 Å².